The highest BCUT2D eigenvalue weighted by molar-refractivity contribution is 5.62. The van der Waals surface area contributed by atoms with Crippen LogP contribution in [0.2, 0.25) is 0 Å². The van der Waals surface area contributed by atoms with Gasteiger partial charge in [0, 0.05) is 63.8 Å². The Hall–Kier alpha value is -4.26. The summed E-state index contributed by atoms with van der Waals surface area (Å²) in [7, 11) is 4.01. The maximum absolute atomic E-state index is 6.05. The molecule has 0 aliphatic carbocycles. The summed E-state index contributed by atoms with van der Waals surface area (Å²) in [6, 6.07) is 28.9. The minimum Gasteiger partial charge on any atom is -0.489 e. The number of aromatic nitrogens is 2. The molecule has 7 nitrogen and oxygen atoms in total. The second kappa shape index (κ2) is 11.2. The molecule has 1 aliphatic heterocycles. The molecule has 37 heavy (non-hydrogen) atoms. The van der Waals surface area contributed by atoms with Gasteiger partial charge in [-0.2, -0.15) is 9.97 Å². The molecular formula is C30H34N6O. The van der Waals surface area contributed by atoms with E-state index in [2.05, 4.69) is 76.6 Å². The zero-order valence-corrected chi connectivity index (χ0v) is 21.8. The van der Waals surface area contributed by atoms with Crippen molar-refractivity contribution < 1.29 is 4.74 Å². The number of ether oxygens (including phenoxy) is 1. The molecule has 0 bridgehead atoms. The fourth-order valence-corrected chi connectivity index (χ4v) is 4.32. The summed E-state index contributed by atoms with van der Waals surface area (Å²) in [4.78, 5) is 16.4. The van der Waals surface area contributed by atoms with Crippen molar-refractivity contribution in [1.82, 2.24) is 9.97 Å². The first kappa shape index (κ1) is 24.4. The third-order valence-electron chi connectivity index (χ3n) is 6.48. The van der Waals surface area contributed by atoms with Crippen LogP contribution in [0.3, 0.4) is 0 Å². The van der Waals surface area contributed by atoms with Crippen LogP contribution in [0.5, 0.6) is 5.75 Å². The predicted octanol–water partition coefficient (Wildman–Crippen LogP) is 5.50. The Kier molecular flexibility index (Phi) is 7.40. The van der Waals surface area contributed by atoms with E-state index in [4.69, 9.17) is 14.7 Å². The number of anilines is 5. The first-order valence-electron chi connectivity index (χ1n) is 12.7. The summed E-state index contributed by atoms with van der Waals surface area (Å²) in [6.45, 7) is 6.11. The van der Waals surface area contributed by atoms with Crippen molar-refractivity contribution in [2.45, 2.75) is 13.5 Å². The summed E-state index contributed by atoms with van der Waals surface area (Å²) in [5, 5.41) is 3.44. The van der Waals surface area contributed by atoms with E-state index in [1.807, 2.05) is 49.3 Å². The average molecular weight is 495 g/mol. The van der Waals surface area contributed by atoms with Gasteiger partial charge in [-0.15, -0.1) is 0 Å². The molecule has 0 amide bonds. The Morgan fingerprint density at radius 2 is 1.54 bits per heavy atom. The lowest BCUT2D eigenvalue weighted by atomic mass is 10.2. The summed E-state index contributed by atoms with van der Waals surface area (Å²) >= 11 is 0. The van der Waals surface area contributed by atoms with Crippen LogP contribution in [-0.2, 0) is 6.61 Å². The Morgan fingerprint density at radius 3 is 2.27 bits per heavy atom. The Balaban J connectivity index is 1.25. The number of rotatable bonds is 8. The molecule has 1 aromatic heterocycles. The van der Waals surface area contributed by atoms with Crippen molar-refractivity contribution in [3.8, 4) is 5.75 Å². The van der Waals surface area contributed by atoms with Gasteiger partial charge in [0.25, 0.3) is 0 Å². The third kappa shape index (κ3) is 6.30. The Bertz CT molecular complexity index is 1300. The molecule has 1 fully saturated rings. The normalized spacial score (nSPS) is 13.4. The van der Waals surface area contributed by atoms with Gasteiger partial charge in [0.1, 0.15) is 24.0 Å². The molecule has 7 heteroatoms. The molecule has 0 unspecified atom stereocenters. The SMILES string of the molecule is Cc1ccc(Nc2cc(N(C)C)nc(N3CCN(c4cccc(OCc5ccccc5)c4)CC3)n2)cc1. The van der Waals surface area contributed by atoms with Gasteiger partial charge in [0.05, 0.1) is 0 Å². The smallest absolute Gasteiger partial charge is 0.229 e. The second-order valence-electron chi connectivity index (χ2n) is 9.54. The van der Waals surface area contributed by atoms with Gasteiger partial charge in [0.15, 0.2) is 0 Å². The van der Waals surface area contributed by atoms with Gasteiger partial charge < -0.3 is 24.8 Å². The molecule has 4 aromatic rings. The molecule has 1 N–H and O–H groups in total. The van der Waals surface area contributed by atoms with Crippen LogP contribution in [0.15, 0.2) is 84.9 Å². The molecule has 0 spiro atoms. The van der Waals surface area contributed by atoms with Crippen molar-refractivity contribution in [3.63, 3.8) is 0 Å². The van der Waals surface area contributed by atoms with Gasteiger partial charge in [-0.05, 0) is 36.8 Å². The summed E-state index contributed by atoms with van der Waals surface area (Å²) in [6.07, 6.45) is 0. The van der Waals surface area contributed by atoms with E-state index in [-0.39, 0.29) is 0 Å². The van der Waals surface area contributed by atoms with Gasteiger partial charge in [0.2, 0.25) is 5.95 Å². The van der Waals surface area contributed by atoms with Crippen molar-refractivity contribution in [1.29, 1.82) is 0 Å². The Morgan fingerprint density at radius 1 is 0.811 bits per heavy atom. The van der Waals surface area contributed by atoms with Crippen LogP contribution >= 0.6 is 0 Å². The maximum atomic E-state index is 6.05. The van der Waals surface area contributed by atoms with E-state index >= 15 is 0 Å². The predicted molar refractivity (Wildman–Crippen MR) is 152 cm³/mol. The van der Waals surface area contributed by atoms with Gasteiger partial charge >= 0.3 is 0 Å². The Labute approximate surface area is 219 Å². The fraction of sp³-hybridized carbons (Fsp3) is 0.267. The summed E-state index contributed by atoms with van der Waals surface area (Å²) < 4.78 is 6.05. The van der Waals surface area contributed by atoms with Crippen LogP contribution in [0.4, 0.5) is 29.0 Å². The van der Waals surface area contributed by atoms with Gasteiger partial charge in [-0.3, -0.25) is 0 Å². The third-order valence-corrected chi connectivity index (χ3v) is 6.48. The van der Waals surface area contributed by atoms with Crippen LogP contribution in [0.1, 0.15) is 11.1 Å². The molecule has 0 saturated carbocycles. The minimum absolute atomic E-state index is 0.566. The molecule has 3 aromatic carbocycles. The highest BCUT2D eigenvalue weighted by Gasteiger charge is 2.21. The quantitative estimate of drug-likeness (QED) is 0.347. The van der Waals surface area contributed by atoms with Gasteiger partial charge in [-0.25, -0.2) is 0 Å². The largest absolute Gasteiger partial charge is 0.489 e. The standard InChI is InChI=1S/C30H34N6O/c1-23-12-14-25(15-13-23)31-28-21-29(34(2)3)33-30(32-28)36-18-16-35(17-19-36)26-10-7-11-27(20-26)37-22-24-8-5-4-6-9-24/h4-15,20-21H,16-19,22H2,1-3H3,(H,31,32,33). The lowest BCUT2D eigenvalue weighted by Gasteiger charge is -2.36. The zero-order valence-electron chi connectivity index (χ0n) is 21.8. The van der Waals surface area contributed by atoms with Crippen molar-refractivity contribution >= 4 is 29.0 Å². The van der Waals surface area contributed by atoms with Crippen LogP contribution < -0.4 is 24.8 Å². The fourth-order valence-electron chi connectivity index (χ4n) is 4.32. The number of hydrogen-bond donors (Lipinski definition) is 1. The average Bonchev–Trinajstić information content (AvgIpc) is 2.94. The summed E-state index contributed by atoms with van der Waals surface area (Å²) in [5.41, 5.74) is 4.58. The van der Waals surface area contributed by atoms with Crippen LogP contribution in [0, 0.1) is 6.92 Å². The molecular weight excluding hydrogens is 460 g/mol. The first-order chi connectivity index (χ1) is 18.0. The maximum Gasteiger partial charge on any atom is 0.229 e. The number of piperazine rings is 1. The number of nitrogens with one attached hydrogen (secondary N) is 1. The topological polar surface area (TPSA) is 56.8 Å². The van der Waals surface area contributed by atoms with Crippen molar-refractivity contribution in [2.75, 3.05) is 60.3 Å². The molecule has 1 saturated heterocycles. The van der Waals surface area contributed by atoms with Crippen LogP contribution in [-0.4, -0.2) is 50.2 Å². The number of aryl methyl sites for hydroxylation is 1. The van der Waals surface area contributed by atoms with E-state index in [9.17, 15) is 0 Å². The second-order valence-corrected chi connectivity index (χ2v) is 9.54. The number of hydrogen-bond acceptors (Lipinski definition) is 7. The molecule has 1 aliphatic rings. The van der Waals surface area contributed by atoms with Gasteiger partial charge in [-0.1, -0.05) is 54.1 Å². The monoisotopic (exact) mass is 494 g/mol. The number of benzene rings is 3. The van der Waals surface area contributed by atoms with E-state index in [1.54, 1.807) is 0 Å². The molecule has 0 atom stereocenters. The van der Waals surface area contributed by atoms with E-state index in [0.717, 1.165) is 60.8 Å². The molecule has 5 rings (SSSR count). The zero-order chi connectivity index (χ0) is 25.6. The molecule has 190 valence electrons. The van der Waals surface area contributed by atoms with Crippen LogP contribution in [0.25, 0.3) is 0 Å². The lowest BCUT2D eigenvalue weighted by Crippen LogP contribution is -2.47. The van der Waals surface area contributed by atoms with E-state index in [1.165, 1.54) is 11.3 Å². The minimum atomic E-state index is 0.566. The lowest BCUT2D eigenvalue weighted by molar-refractivity contribution is 0.306. The molecule has 2 heterocycles. The van der Waals surface area contributed by atoms with Crippen molar-refractivity contribution in [2.24, 2.45) is 0 Å². The van der Waals surface area contributed by atoms with Crippen molar-refractivity contribution in [3.05, 3.63) is 96.1 Å². The number of nitrogens with zero attached hydrogens (tertiary/aromatic N) is 5. The highest BCUT2D eigenvalue weighted by atomic mass is 16.5. The molecule has 0 radical (unpaired) electrons. The highest BCUT2D eigenvalue weighted by Crippen LogP contribution is 2.26. The van der Waals surface area contributed by atoms with E-state index < -0.39 is 0 Å². The first-order valence-corrected chi connectivity index (χ1v) is 12.7. The summed E-state index contributed by atoms with van der Waals surface area (Å²) in [5.74, 6) is 3.31. The van der Waals surface area contributed by atoms with E-state index in [0.29, 0.717) is 6.61 Å².